The minimum atomic E-state index is -4.69. The number of carbonyl (C=O) groups is 1. The molecule has 0 saturated heterocycles. The monoisotopic (exact) mass is 497 g/mol. The standard InChI is InChI=1S/C24H18F3N5O2S/c1-14-6-2-5-9-19(14)34-11-10-31-13-15(16-7-3-4-8-18(16)31)12-17-20(28)32-23(29-21(17)33)35-22(30-32)24(25,26)27/h2-9,12-13,28H,10-11H2,1H3/b17-12-,28-20?. The zero-order valence-corrected chi connectivity index (χ0v) is 19.2. The molecule has 0 unspecified atom stereocenters. The molecular weight excluding hydrogens is 479 g/mol. The maximum atomic E-state index is 13.1. The third kappa shape index (κ3) is 4.34. The van der Waals surface area contributed by atoms with Crippen LogP contribution in [0.3, 0.4) is 0 Å². The molecule has 11 heteroatoms. The molecule has 1 N–H and O–H groups in total. The Bertz CT molecular complexity index is 1450. The number of hydrogen-bond donors (Lipinski definition) is 1. The van der Waals surface area contributed by atoms with E-state index in [4.69, 9.17) is 10.1 Å². The lowest BCUT2D eigenvalue weighted by Crippen LogP contribution is -2.35. The molecule has 2 aromatic carbocycles. The number of aromatic nitrogens is 1. The number of rotatable bonds is 5. The number of nitrogens with one attached hydrogen (secondary N) is 1. The molecular formula is C24H18F3N5O2S. The molecule has 0 radical (unpaired) electrons. The van der Waals surface area contributed by atoms with Crippen molar-refractivity contribution in [3.8, 4) is 5.75 Å². The number of benzene rings is 2. The van der Waals surface area contributed by atoms with Crippen molar-refractivity contribution in [2.24, 2.45) is 10.1 Å². The molecule has 0 atom stereocenters. The molecule has 0 spiro atoms. The number of fused-ring (bicyclic) bond motifs is 2. The molecule has 7 nitrogen and oxygen atoms in total. The number of ether oxygens (including phenoxy) is 1. The van der Waals surface area contributed by atoms with Gasteiger partial charge in [-0.15, -0.1) is 0 Å². The van der Waals surface area contributed by atoms with E-state index in [1.807, 2.05) is 66.2 Å². The number of amidine groups is 2. The van der Waals surface area contributed by atoms with Gasteiger partial charge in [-0.25, -0.2) is 0 Å². The number of aryl methyl sites for hydroxylation is 1. The SMILES string of the molecule is Cc1ccccc1OCCn1cc(/C=C2/C(=N)N3N=C(C(F)(F)F)SC3=NC2=O)c2ccccc21. The van der Waals surface area contributed by atoms with Gasteiger partial charge in [-0.2, -0.15) is 28.3 Å². The average molecular weight is 498 g/mol. The number of carbonyl (C=O) groups excluding carboxylic acids is 1. The van der Waals surface area contributed by atoms with Crippen LogP contribution in [-0.2, 0) is 11.3 Å². The van der Waals surface area contributed by atoms with E-state index < -0.39 is 23.0 Å². The molecule has 1 amide bonds. The molecule has 0 saturated carbocycles. The first-order valence-corrected chi connectivity index (χ1v) is 11.4. The van der Waals surface area contributed by atoms with Crippen molar-refractivity contribution in [1.29, 1.82) is 5.41 Å². The van der Waals surface area contributed by atoms with Gasteiger partial charge in [0, 0.05) is 22.7 Å². The Morgan fingerprint density at radius 1 is 1.14 bits per heavy atom. The van der Waals surface area contributed by atoms with Gasteiger partial charge in [0.1, 0.15) is 12.4 Å². The summed E-state index contributed by atoms with van der Waals surface area (Å²) < 4.78 is 47.1. The number of thioether (sulfide) groups is 1. The van der Waals surface area contributed by atoms with Crippen molar-refractivity contribution in [2.75, 3.05) is 6.61 Å². The molecule has 3 heterocycles. The fourth-order valence-electron chi connectivity index (χ4n) is 3.81. The molecule has 1 aromatic heterocycles. The topological polar surface area (TPSA) is 83.0 Å². The van der Waals surface area contributed by atoms with Crippen LogP contribution in [-0.4, -0.2) is 44.3 Å². The van der Waals surface area contributed by atoms with Gasteiger partial charge in [0.2, 0.25) is 10.2 Å². The van der Waals surface area contributed by atoms with E-state index in [-0.39, 0.29) is 22.5 Å². The van der Waals surface area contributed by atoms with Crippen LogP contribution in [0.1, 0.15) is 11.1 Å². The van der Waals surface area contributed by atoms with Crippen LogP contribution in [0.25, 0.3) is 17.0 Å². The maximum absolute atomic E-state index is 13.1. The van der Waals surface area contributed by atoms with Gasteiger partial charge in [0.15, 0.2) is 5.84 Å². The summed E-state index contributed by atoms with van der Waals surface area (Å²) in [4.78, 5) is 16.3. The molecule has 3 aromatic rings. The minimum Gasteiger partial charge on any atom is -0.491 e. The maximum Gasteiger partial charge on any atom is 0.441 e. The molecule has 0 bridgehead atoms. The molecule has 35 heavy (non-hydrogen) atoms. The van der Waals surface area contributed by atoms with Gasteiger partial charge in [0.05, 0.1) is 12.1 Å². The van der Waals surface area contributed by atoms with Crippen LogP contribution >= 0.6 is 11.8 Å². The quantitative estimate of drug-likeness (QED) is 0.491. The first-order chi connectivity index (χ1) is 16.7. The molecule has 2 aliphatic heterocycles. The van der Waals surface area contributed by atoms with Crippen LogP contribution < -0.4 is 4.74 Å². The number of hydrogen-bond acceptors (Lipinski definition) is 5. The Morgan fingerprint density at radius 2 is 1.89 bits per heavy atom. The van der Waals surface area contributed by atoms with Crippen molar-refractivity contribution in [2.45, 2.75) is 19.6 Å². The molecule has 0 fully saturated rings. The summed E-state index contributed by atoms with van der Waals surface area (Å²) in [5.41, 5.74) is 2.41. The predicted molar refractivity (Wildman–Crippen MR) is 130 cm³/mol. The van der Waals surface area contributed by atoms with Crippen molar-refractivity contribution < 1.29 is 22.7 Å². The fraction of sp³-hybridized carbons (Fsp3) is 0.167. The summed E-state index contributed by atoms with van der Waals surface area (Å²) in [7, 11) is 0. The Kier molecular flexibility index (Phi) is 5.72. The second kappa shape index (κ2) is 8.73. The first kappa shape index (κ1) is 22.9. The zero-order chi connectivity index (χ0) is 24.7. The van der Waals surface area contributed by atoms with Gasteiger partial charge >= 0.3 is 6.18 Å². The van der Waals surface area contributed by atoms with E-state index in [0.717, 1.165) is 27.2 Å². The van der Waals surface area contributed by atoms with E-state index >= 15 is 0 Å². The van der Waals surface area contributed by atoms with E-state index in [1.54, 1.807) is 0 Å². The average Bonchev–Trinajstić information content (AvgIpc) is 3.40. The largest absolute Gasteiger partial charge is 0.491 e. The smallest absolute Gasteiger partial charge is 0.441 e. The molecule has 5 rings (SSSR count). The van der Waals surface area contributed by atoms with E-state index in [0.29, 0.717) is 18.7 Å². The highest BCUT2D eigenvalue weighted by Gasteiger charge is 2.46. The molecule has 0 aliphatic carbocycles. The minimum absolute atomic E-state index is 0.138. The number of halogens is 3. The highest BCUT2D eigenvalue weighted by Crippen LogP contribution is 2.35. The van der Waals surface area contributed by atoms with Crippen molar-refractivity contribution in [1.82, 2.24) is 9.58 Å². The van der Waals surface area contributed by atoms with Crippen molar-refractivity contribution >= 4 is 50.7 Å². The van der Waals surface area contributed by atoms with Crippen LogP contribution in [0.15, 0.2) is 70.4 Å². The number of nitrogens with zero attached hydrogens (tertiary/aromatic N) is 4. The third-order valence-corrected chi connectivity index (χ3v) is 6.45. The number of amides is 1. The number of aliphatic imine (C=N–C) groups is 1. The second-order valence-electron chi connectivity index (χ2n) is 7.83. The van der Waals surface area contributed by atoms with Crippen LogP contribution in [0.4, 0.5) is 13.2 Å². The van der Waals surface area contributed by atoms with Gasteiger partial charge in [-0.05, 0) is 42.5 Å². The van der Waals surface area contributed by atoms with Crippen LogP contribution in [0, 0.1) is 12.3 Å². The third-order valence-electron chi connectivity index (χ3n) is 5.50. The molecule has 178 valence electrons. The zero-order valence-electron chi connectivity index (χ0n) is 18.3. The number of hydrazone groups is 1. The summed E-state index contributed by atoms with van der Waals surface area (Å²) in [5.74, 6) is -0.443. The fourth-order valence-corrected chi connectivity index (χ4v) is 4.57. The lowest BCUT2D eigenvalue weighted by molar-refractivity contribution is -0.114. The van der Waals surface area contributed by atoms with E-state index in [9.17, 15) is 18.0 Å². The molecule has 2 aliphatic rings. The van der Waals surface area contributed by atoms with Gasteiger partial charge in [-0.3, -0.25) is 10.2 Å². The highest BCUT2D eigenvalue weighted by atomic mass is 32.2. The first-order valence-electron chi connectivity index (χ1n) is 10.6. The Labute approximate surface area is 202 Å². The van der Waals surface area contributed by atoms with Gasteiger partial charge in [-0.1, -0.05) is 36.4 Å². The van der Waals surface area contributed by atoms with Crippen molar-refractivity contribution in [3.63, 3.8) is 0 Å². The normalized spacial score (nSPS) is 17.1. The summed E-state index contributed by atoms with van der Waals surface area (Å²) in [6, 6.07) is 15.2. The van der Waals surface area contributed by atoms with Crippen LogP contribution in [0.2, 0.25) is 0 Å². The Hall–Kier alpha value is -3.86. The number of alkyl halides is 3. The lowest BCUT2D eigenvalue weighted by Gasteiger charge is -2.20. The summed E-state index contributed by atoms with van der Waals surface area (Å²) in [5, 5.41) is 11.9. The predicted octanol–water partition coefficient (Wildman–Crippen LogP) is 5.21. The van der Waals surface area contributed by atoms with Gasteiger partial charge < -0.3 is 9.30 Å². The van der Waals surface area contributed by atoms with Crippen molar-refractivity contribution in [3.05, 3.63) is 71.4 Å². The van der Waals surface area contributed by atoms with E-state index in [2.05, 4.69) is 10.1 Å². The second-order valence-corrected chi connectivity index (χ2v) is 8.79. The van der Waals surface area contributed by atoms with Crippen LogP contribution in [0.5, 0.6) is 5.75 Å². The Balaban J connectivity index is 1.44. The lowest BCUT2D eigenvalue weighted by atomic mass is 10.1. The summed E-state index contributed by atoms with van der Waals surface area (Å²) in [6.07, 6.45) is -1.40. The van der Waals surface area contributed by atoms with E-state index in [1.165, 1.54) is 6.08 Å². The summed E-state index contributed by atoms with van der Waals surface area (Å²) in [6.45, 7) is 2.89. The highest BCUT2D eigenvalue weighted by molar-refractivity contribution is 8.27. The number of para-hydroxylation sites is 2. The summed E-state index contributed by atoms with van der Waals surface area (Å²) >= 11 is 0.226. The van der Waals surface area contributed by atoms with Gasteiger partial charge in [0.25, 0.3) is 5.91 Å². The Morgan fingerprint density at radius 3 is 2.66 bits per heavy atom.